The van der Waals surface area contributed by atoms with Crippen LogP contribution in [0.25, 0.3) is 0 Å². The van der Waals surface area contributed by atoms with E-state index in [9.17, 15) is 9.00 Å². The first kappa shape index (κ1) is 11.4. The van der Waals surface area contributed by atoms with Gasteiger partial charge >= 0.3 is 0 Å². The fraction of sp³-hybridized carbons (Fsp3) is 0.500. The molecule has 1 atom stereocenters. The molecule has 1 heterocycles. The molecule has 0 aliphatic heterocycles. The van der Waals surface area contributed by atoms with Gasteiger partial charge in [-0.15, -0.1) is 0 Å². The number of aryl methyl sites for hydroxylation is 1. The van der Waals surface area contributed by atoms with Crippen molar-refractivity contribution in [3.05, 3.63) is 27.4 Å². The monoisotopic (exact) mass is 234 g/mol. The van der Waals surface area contributed by atoms with Crippen molar-refractivity contribution in [2.75, 3.05) is 12.0 Å². The molecule has 78 valence electrons. The second kappa shape index (κ2) is 4.70. The summed E-state index contributed by atoms with van der Waals surface area (Å²) in [5, 5.41) is 0.196. The molecular weight excluding hydrogens is 224 g/mol. The van der Waals surface area contributed by atoms with Crippen LogP contribution in [0.15, 0.2) is 10.9 Å². The Morgan fingerprint density at radius 1 is 1.64 bits per heavy atom. The first-order chi connectivity index (χ1) is 6.50. The van der Waals surface area contributed by atoms with E-state index in [1.54, 1.807) is 13.2 Å². The van der Waals surface area contributed by atoms with Crippen molar-refractivity contribution >= 4 is 22.4 Å². The van der Waals surface area contributed by atoms with E-state index >= 15 is 0 Å². The van der Waals surface area contributed by atoms with Crippen LogP contribution < -0.4 is 5.56 Å². The van der Waals surface area contributed by atoms with Gasteiger partial charge in [-0.3, -0.25) is 13.6 Å². The summed E-state index contributed by atoms with van der Waals surface area (Å²) in [5.41, 5.74) is -0.201. The molecule has 0 saturated carbocycles. The van der Waals surface area contributed by atoms with Crippen LogP contribution in [0, 0.1) is 6.92 Å². The van der Waals surface area contributed by atoms with E-state index < -0.39 is 10.8 Å². The molecule has 0 spiro atoms. The normalized spacial score (nSPS) is 12.8. The summed E-state index contributed by atoms with van der Waals surface area (Å²) in [6.45, 7) is 2.11. The number of halogens is 1. The number of hydrogen-bond donors (Lipinski definition) is 0. The topological polar surface area (TPSA) is 52.0 Å². The smallest absolute Gasteiger partial charge is 0.255 e. The van der Waals surface area contributed by atoms with Crippen molar-refractivity contribution in [2.45, 2.75) is 13.5 Å². The maximum atomic E-state index is 11.4. The molecule has 6 heteroatoms. The van der Waals surface area contributed by atoms with Crippen molar-refractivity contribution in [2.24, 2.45) is 0 Å². The van der Waals surface area contributed by atoms with Gasteiger partial charge in [0, 0.05) is 35.4 Å². The predicted octanol–water partition coefficient (Wildman–Crippen LogP) is 0.584. The third-order valence-electron chi connectivity index (χ3n) is 1.77. The van der Waals surface area contributed by atoms with Crippen molar-refractivity contribution in [3.63, 3.8) is 0 Å². The highest BCUT2D eigenvalue weighted by molar-refractivity contribution is 7.84. The maximum absolute atomic E-state index is 11.4. The predicted molar refractivity (Wildman–Crippen MR) is 57.2 cm³/mol. The second-order valence-electron chi connectivity index (χ2n) is 2.89. The first-order valence-corrected chi connectivity index (χ1v) is 6.15. The lowest BCUT2D eigenvalue weighted by Crippen LogP contribution is -2.25. The Hall–Kier alpha value is -0.680. The average molecular weight is 235 g/mol. The quantitative estimate of drug-likeness (QED) is 0.719. The Morgan fingerprint density at radius 2 is 2.29 bits per heavy atom. The number of hydrogen-bond acceptors (Lipinski definition) is 3. The van der Waals surface area contributed by atoms with Crippen molar-refractivity contribution in [1.82, 2.24) is 9.55 Å². The summed E-state index contributed by atoms with van der Waals surface area (Å²) >= 11 is 5.60. The van der Waals surface area contributed by atoms with E-state index in [1.807, 2.05) is 0 Å². The highest BCUT2D eigenvalue weighted by Crippen LogP contribution is 2.00. The van der Waals surface area contributed by atoms with E-state index in [1.165, 1.54) is 10.6 Å². The fourth-order valence-corrected chi connectivity index (χ4v) is 1.73. The third-order valence-corrected chi connectivity index (χ3v) is 2.72. The van der Waals surface area contributed by atoms with Crippen LogP contribution in [0.1, 0.15) is 5.82 Å². The standard InChI is InChI=1S/C8H11ClN2O2S/c1-6-10-7(9)5-8(12)11(6)3-4-14(2)13/h5H,3-4H2,1-2H3. The lowest BCUT2D eigenvalue weighted by Gasteiger charge is -2.07. The fourth-order valence-electron chi connectivity index (χ4n) is 1.08. The van der Waals surface area contributed by atoms with Gasteiger partial charge in [0.25, 0.3) is 5.56 Å². The molecule has 0 radical (unpaired) electrons. The zero-order valence-electron chi connectivity index (χ0n) is 7.99. The highest BCUT2D eigenvalue weighted by Gasteiger charge is 2.03. The summed E-state index contributed by atoms with van der Waals surface area (Å²) in [7, 11) is -0.908. The molecule has 1 rings (SSSR count). The molecule has 1 aromatic rings. The van der Waals surface area contributed by atoms with Crippen LogP contribution in [0.5, 0.6) is 0 Å². The third kappa shape index (κ3) is 2.92. The van der Waals surface area contributed by atoms with E-state index in [-0.39, 0.29) is 10.7 Å². The Balaban J connectivity index is 2.97. The molecule has 0 saturated heterocycles. The van der Waals surface area contributed by atoms with Gasteiger partial charge in [0.1, 0.15) is 11.0 Å². The molecule has 0 amide bonds. The van der Waals surface area contributed by atoms with Gasteiger partial charge in [-0.25, -0.2) is 4.98 Å². The van der Waals surface area contributed by atoms with E-state index in [0.29, 0.717) is 18.1 Å². The Bertz CT molecular complexity index is 416. The minimum absolute atomic E-state index is 0.196. The molecule has 0 aliphatic rings. The summed E-state index contributed by atoms with van der Waals surface area (Å²) in [6, 6.07) is 1.26. The van der Waals surface area contributed by atoms with Crippen LogP contribution >= 0.6 is 11.6 Å². The van der Waals surface area contributed by atoms with Crippen LogP contribution in [-0.4, -0.2) is 25.8 Å². The molecule has 0 aliphatic carbocycles. The summed E-state index contributed by atoms with van der Waals surface area (Å²) in [5.74, 6) is 0.997. The van der Waals surface area contributed by atoms with E-state index in [2.05, 4.69) is 4.98 Å². The van der Waals surface area contributed by atoms with Crippen LogP contribution in [0.2, 0.25) is 5.15 Å². The molecular formula is C8H11ClN2O2S. The van der Waals surface area contributed by atoms with Gasteiger partial charge in [-0.1, -0.05) is 11.6 Å². The zero-order chi connectivity index (χ0) is 10.7. The molecule has 0 fully saturated rings. The van der Waals surface area contributed by atoms with E-state index in [0.717, 1.165) is 0 Å². The first-order valence-electron chi connectivity index (χ1n) is 4.04. The SMILES string of the molecule is Cc1nc(Cl)cc(=O)n1CCS(C)=O. The molecule has 14 heavy (non-hydrogen) atoms. The van der Waals surface area contributed by atoms with Gasteiger partial charge in [0.15, 0.2) is 0 Å². The van der Waals surface area contributed by atoms with Gasteiger partial charge in [-0.05, 0) is 6.92 Å². The second-order valence-corrected chi connectivity index (χ2v) is 4.84. The van der Waals surface area contributed by atoms with Crippen LogP contribution in [0.4, 0.5) is 0 Å². The van der Waals surface area contributed by atoms with Crippen LogP contribution in [0.3, 0.4) is 0 Å². The summed E-state index contributed by atoms with van der Waals surface area (Å²) in [4.78, 5) is 15.4. The number of nitrogens with zero attached hydrogens (tertiary/aromatic N) is 2. The van der Waals surface area contributed by atoms with E-state index in [4.69, 9.17) is 11.6 Å². The molecule has 1 aromatic heterocycles. The number of aromatic nitrogens is 2. The van der Waals surface area contributed by atoms with Gasteiger partial charge in [0.2, 0.25) is 0 Å². The molecule has 0 aromatic carbocycles. The minimum atomic E-state index is -0.908. The Labute approximate surface area is 89.4 Å². The summed E-state index contributed by atoms with van der Waals surface area (Å²) < 4.78 is 12.3. The Morgan fingerprint density at radius 3 is 2.79 bits per heavy atom. The lowest BCUT2D eigenvalue weighted by molar-refractivity contribution is 0.656. The summed E-state index contributed by atoms with van der Waals surface area (Å²) in [6.07, 6.45) is 1.60. The van der Waals surface area contributed by atoms with Gasteiger partial charge in [-0.2, -0.15) is 0 Å². The Kier molecular flexibility index (Phi) is 3.83. The highest BCUT2D eigenvalue weighted by atomic mass is 35.5. The maximum Gasteiger partial charge on any atom is 0.255 e. The molecule has 0 N–H and O–H groups in total. The van der Waals surface area contributed by atoms with Crippen molar-refractivity contribution < 1.29 is 4.21 Å². The van der Waals surface area contributed by atoms with Gasteiger partial charge < -0.3 is 0 Å². The largest absolute Gasteiger partial charge is 0.296 e. The minimum Gasteiger partial charge on any atom is -0.296 e. The molecule has 0 bridgehead atoms. The van der Waals surface area contributed by atoms with Crippen molar-refractivity contribution in [3.8, 4) is 0 Å². The lowest BCUT2D eigenvalue weighted by atomic mass is 10.5. The van der Waals surface area contributed by atoms with Crippen LogP contribution in [-0.2, 0) is 17.3 Å². The number of rotatable bonds is 3. The zero-order valence-corrected chi connectivity index (χ0v) is 9.56. The van der Waals surface area contributed by atoms with Gasteiger partial charge in [0.05, 0.1) is 0 Å². The average Bonchev–Trinajstić information content (AvgIpc) is 2.01. The van der Waals surface area contributed by atoms with Crippen molar-refractivity contribution in [1.29, 1.82) is 0 Å². The molecule has 1 unspecified atom stereocenters. The molecule has 4 nitrogen and oxygen atoms in total.